The Bertz CT molecular complexity index is 1350. The van der Waals surface area contributed by atoms with E-state index in [1.165, 1.54) is 6.07 Å². The number of nitrogens with zero attached hydrogens (tertiary/aromatic N) is 5. The van der Waals surface area contributed by atoms with E-state index in [2.05, 4.69) is 15.1 Å². The van der Waals surface area contributed by atoms with Crippen LogP contribution in [0.3, 0.4) is 0 Å². The molecule has 0 atom stereocenters. The maximum absolute atomic E-state index is 14.4. The van der Waals surface area contributed by atoms with Gasteiger partial charge >= 0.3 is 0 Å². The lowest BCUT2D eigenvalue weighted by molar-refractivity contribution is 0.631. The number of rotatable bonds is 2. The molecular weight excluding hydrogens is 377 g/mol. The number of hydrogen-bond donors (Lipinski definition) is 0. The zero-order valence-corrected chi connectivity index (χ0v) is 15.9. The van der Waals surface area contributed by atoms with Crippen molar-refractivity contribution in [3.63, 3.8) is 0 Å². The molecule has 0 saturated carbocycles. The fraction of sp³-hybridized carbons (Fsp3) is 0.0952. The second-order valence-corrected chi connectivity index (χ2v) is 7.14. The molecule has 0 radical (unpaired) electrons. The van der Waals surface area contributed by atoms with Crippen LogP contribution in [-0.2, 0) is 7.05 Å². The third kappa shape index (κ3) is 2.57. The number of benzene rings is 1. The van der Waals surface area contributed by atoms with Crippen LogP contribution in [0.4, 0.5) is 4.39 Å². The highest BCUT2D eigenvalue weighted by Gasteiger charge is 2.15. The average molecular weight is 392 g/mol. The van der Waals surface area contributed by atoms with Crippen LogP contribution in [0.15, 0.2) is 55.1 Å². The number of fused-ring (bicyclic) bond motifs is 3. The van der Waals surface area contributed by atoms with Gasteiger partial charge in [-0.3, -0.25) is 9.67 Å². The lowest BCUT2D eigenvalue weighted by Gasteiger charge is -2.03. The first-order valence-corrected chi connectivity index (χ1v) is 9.11. The van der Waals surface area contributed by atoms with Crippen molar-refractivity contribution in [1.29, 1.82) is 0 Å². The molecule has 1 aromatic carbocycles. The van der Waals surface area contributed by atoms with E-state index in [0.29, 0.717) is 21.9 Å². The monoisotopic (exact) mass is 391 g/mol. The quantitative estimate of drug-likeness (QED) is 0.423. The summed E-state index contributed by atoms with van der Waals surface area (Å²) in [6, 6.07) is 8.58. The van der Waals surface area contributed by atoms with Gasteiger partial charge in [0.25, 0.3) is 0 Å². The fourth-order valence-corrected chi connectivity index (χ4v) is 3.80. The minimum Gasteiger partial charge on any atom is -0.306 e. The van der Waals surface area contributed by atoms with Crippen LogP contribution in [0.25, 0.3) is 38.9 Å². The van der Waals surface area contributed by atoms with Crippen LogP contribution in [0.1, 0.15) is 5.69 Å². The molecule has 0 spiro atoms. The smallest absolute Gasteiger partial charge is 0.146 e. The van der Waals surface area contributed by atoms with Crippen LogP contribution in [-0.4, -0.2) is 24.1 Å². The summed E-state index contributed by atoms with van der Waals surface area (Å²) < 4.78 is 18.0. The van der Waals surface area contributed by atoms with Crippen molar-refractivity contribution in [2.45, 2.75) is 6.92 Å². The van der Waals surface area contributed by atoms with Crippen molar-refractivity contribution in [3.8, 4) is 22.4 Å². The molecule has 0 aliphatic rings. The number of aryl methyl sites for hydroxylation is 2. The van der Waals surface area contributed by atoms with E-state index in [0.717, 1.165) is 27.7 Å². The molecule has 138 valence electrons. The molecular formula is C21H15ClFN5. The number of imidazole rings is 1. The Morgan fingerprint density at radius 2 is 2.00 bits per heavy atom. The minimum absolute atomic E-state index is 0.299. The molecule has 0 aliphatic heterocycles. The number of aromatic nitrogens is 5. The van der Waals surface area contributed by atoms with Gasteiger partial charge in [-0.1, -0.05) is 17.7 Å². The van der Waals surface area contributed by atoms with Crippen LogP contribution < -0.4 is 0 Å². The van der Waals surface area contributed by atoms with Crippen molar-refractivity contribution in [2.24, 2.45) is 7.05 Å². The Labute approximate surface area is 165 Å². The van der Waals surface area contributed by atoms with Gasteiger partial charge in [-0.25, -0.2) is 9.37 Å². The van der Waals surface area contributed by atoms with Crippen LogP contribution in [0.5, 0.6) is 0 Å². The average Bonchev–Trinajstić information content (AvgIpc) is 3.24. The van der Waals surface area contributed by atoms with E-state index in [4.69, 9.17) is 11.6 Å². The second-order valence-electron chi connectivity index (χ2n) is 6.73. The van der Waals surface area contributed by atoms with E-state index in [1.54, 1.807) is 23.0 Å². The molecule has 0 N–H and O–H groups in total. The first-order valence-electron chi connectivity index (χ1n) is 8.74. The normalized spacial score (nSPS) is 11.6. The van der Waals surface area contributed by atoms with Crippen LogP contribution in [0, 0.1) is 12.7 Å². The lowest BCUT2D eigenvalue weighted by Crippen LogP contribution is -1.89. The maximum Gasteiger partial charge on any atom is 0.146 e. The fourth-order valence-electron chi connectivity index (χ4n) is 3.54. The molecule has 0 bridgehead atoms. The molecule has 4 heterocycles. The SMILES string of the molecule is Cc1nn(C)cc1-c1cnc2ccn3cc(-c4c(F)cccc4Cl)nc3c2c1. The van der Waals surface area contributed by atoms with Gasteiger partial charge in [0.15, 0.2) is 0 Å². The molecule has 28 heavy (non-hydrogen) atoms. The summed E-state index contributed by atoms with van der Waals surface area (Å²) in [4.78, 5) is 9.26. The zero-order chi connectivity index (χ0) is 19.4. The summed E-state index contributed by atoms with van der Waals surface area (Å²) in [6.07, 6.45) is 7.45. The van der Waals surface area contributed by atoms with Crippen molar-refractivity contribution in [3.05, 3.63) is 71.7 Å². The lowest BCUT2D eigenvalue weighted by atomic mass is 10.1. The van der Waals surface area contributed by atoms with Crippen LogP contribution >= 0.6 is 11.6 Å². The number of hydrogen-bond acceptors (Lipinski definition) is 3. The number of pyridine rings is 2. The third-order valence-electron chi connectivity index (χ3n) is 4.83. The zero-order valence-electron chi connectivity index (χ0n) is 15.2. The highest BCUT2D eigenvalue weighted by molar-refractivity contribution is 6.33. The summed E-state index contributed by atoms with van der Waals surface area (Å²) in [5.74, 6) is -0.398. The van der Waals surface area contributed by atoms with E-state index in [1.807, 2.05) is 49.1 Å². The maximum atomic E-state index is 14.4. The summed E-state index contributed by atoms with van der Waals surface area (Å²) in [5, 5.41) is 5.61. The topological polar surface area (TPSA) is 48.0 Å². The second kappa shape index (κ2) is 6.14. The van der Waals surface area contributed by atoms with Gasteiger partial charge in [0.2, 0.25) is 0 Å². The highest BCUT2D eigenvalue weighted by atomic mass is 35.5. The van der Waals surface area contributed by atoms with Gasteiger partial charge < -0.3 is 4.40 Å². The summed E-state index contributed by atoms with van der Waals surface area (Å²) in [5.41, 5.74) is 5.20. The van der Waals surface area contributed by atoms with Crippen LogP contribution in [0.2, 0.25) is 5.02 Å². The van der Waals surface area contributed by atoms with Crippen molar-refractivity contribution < 1.29 is 4.39 Å². The first-order chi connectivity index (χ1) is 13.5. The minimum atomic E-state index is -0.398. The number of halogens is 2. The molecule has 4 aromatic heterocycles. The van der Waals surface area contributed by atoms with E-state index >= 15 is 0 Å². The Kier molecular flexibility index (Phi) is 3.70. The predicted octanol–water partition coefficient (Wildman–Crippen LogP) is 5.05. The van der Waals surface area contributed by atoms with Gasteiger partial charge in [0, 0.05) is 48.3 Å². The van der Waals surface area contributed by atoms with Gasteiger partial charge in [-0.15, -0.1) is 0 Å². The van der Waals surface area contributed by atoms with Gasteiger partial charge in [-0.2, -0.15) is 5.10 Å². The Morgan fingerprint density at radius 3 is 2.75 bits per heavy atom. The van der Waals surface area contributed by atoms with Gasteiger partial charge in [0.1, 0.15) is 11.5 Å². The predicted molar refractivity (Wildman–Crippen MR) is 108 cm³/mol. The van der Waals surface area contributed by atoms with Crippen molar-refractivity contribution in [1.82, 2.24) is 24.1 Å². The Hall–Kier alpha value is -3.25. The molecule has 5 rings (SSSR count). The third-order valence-corrected chi connectivity index (χ3v) is 5.14. The summed E-state index contributed by atoms with van der Waals surface area (Å²) in [7, 11) is 1.89. The molecule has 5 nitrogen and oxygen atoms in total. The highest BCUT2D eigenvalue weighted by Crippen LogP contribution is 2.32. The van der Waals surface area contributed by atoms with E-state index in [9.17, 15) is 4.39 Å². The van der Waals surface area contributed by atoms with E-state index in [-0.39, 0.29) is 0 Å². The first kappa shape index (κ1) is 16.9. The Balaban J connectivity index is 1.76. The van der Waals surface area contributed by atoms with E-state index < -0.39 is 5.82 Å². The van der Waals surface area contributed by atoms with Gasteiger partial charge in [0.05, 0.1) is 27.5 Å². The molecule has 0 amide bonds. The Morgan fingerprint density at radius 1 is 1.14 bits per heavy atom. The standard InChI is InChI=1S/C21H15ClFN5/c1-12-15(10-27(2)26-12)13-8-14-18(24-9-13)6-7-28-11-19(25-21(14)28)20-16(22)4-3-5-17(20)23/h3-11H,1-2H3. The summed E-state index contributed by atoms with van der Waals surface area (Å²) >= 11 is 6.22. The molecule has 0 aliphatic carbocycles. The van der Waals surface area contributed by atoms with Gasteiger partial charge in [-0.05, 0) is 31.2 Å². The molecule has 0 saturated heterocycles. The van der Waals surface area contributed by atoms with Crippen molar-refractivity contribution in [2.75, 3.05) is 0 Å². The molecule has 0 unspecified atom stereocenters. The van der Waals surface area contributed by atoms with Crippen molar-refractivity contribution >= 4 is 28.2 Å². The largest absolute Gasteiger partial charge is 0.306 e. The molecule has 0 fully saturated rings. The summed E-state index contributed by atoms with van der Waals surface area (Å²) in [6.45, 7) is 1.97. The molecule has 7 heteroatoms. The molecule has 5 aromatic rings.